The summed E-state index contributed by atoms with van der Waals surface area (Å²) < 4.78 is 14.0. The fourth-order valence-corrected chi connectivity index (χ4v) is 2.74. The Labute approximate surface area is 88.3 Å². The van der Waals surface area contributed by atoms with Gasteiger partial charge in [0.2, 0.25) is 0 Å². The van der Waals surface area contributed by atoms with Gasteiger partial charge in [-0.1, -0.05) is 0 Å². The second-order valence-corrected chi connectivity index (χ2v) is 5.10. The zero-order valence-electron chi connectivity index (χ0n) is 8.42. The molecule has 0 radical (unpaired) electrons. The first-order chi connectivity index (χ1) is 6.77. The Kier molecular flexibility index (Phi) is 3.19. The van der Waals surface area contributed by atoms with Crippen LogP contribution in [-0.4, -0.2) is 13.1 Å². The molecule has 1 N–H and O–H groups in total. The third kappa shape index (κ3) is 2.15. The summed E-state index contributed by atoms with van der Waals surface area (Å²) in [4.78, 5) is 1.21. The molecule has 1 unspecified atom stereocenters. The van der Waals surface area contributed by atoms with Gasteiger partial charge in [-0.2, -0.15) is 0 Å². The minimum absolute atomic E-state index is 0.227. The lowest BCUT2D eigenvalue weighted by molar-refractivity contribution is 0.191. The van der Waals surface area contributed by atoms with E-state index in [4.69, 9.17) is 0 Å². The van der Waals surface area contributed by atoms with Gasteiger partial charge in [0.15, 0.2) is 0 Å². The fraction of sp³-hybridized carbons (Fsp3) is 0.636. The van der Waals surface area contributed by atoms with Gasteiger partial charge in [0, 0.05) is 4.88 Å². The number of halogens is 1. The highest BCUT2D eigenvalue weighted by atomic mass is 32.1. The Morgan fingerprint density at radius 2 is 2.21 bits per heavy atom. The van der Waals surface area contributed by atoms with Crippen molar-refractivity contribution in [2.24, 2.45) is 5.92 Å². The molecule has 1 aromatic rings. The summed E-state index contributed by atoms with van der Waals surface area (Å²) in [6.07, 6.45) is 1.19. The molecule has 0 spiro atoms. The van der Waals surface area contributed by atoms with Crippen LogP contribution in [-0.2, 0) is 0 Å². The van der Waals surface area contributed by atoms with Crippen LogP contribution >= 0.6 is 11.3 Å². The zero-order valence-corrected chi connectivity index (χ0v) is 9.24. The Bertz CT molecular complexity index is 291. The summed E-state index contributed by atoms with van der Waals surface area (Å²) in [5, 5.41) is 5.22. The molecule has 0 bridgehead atoms. The van der Waals surface area contributed by atoms with E-state index in [2.05, 4.69) is 5.32 Å². The standard InChI is InChI=1S/C11H16FNS/c1-8-6-10(7-14-8)11(12)9-2-4-13-5-3-9/h6-7,9,11,13H,2-5H2,1H3. The van der Waals surface area contributed by atoms with E-state index in [1.165, 1.54) is 4.88 Å². The van der Waals surface area contributed by atoms with E-state index in [0.717, 1.165) is 31.5 Å². The van der Waals surface area contributed by atoms with Gasteiger partial charge in [0.25, 0.3) is 0 Å². The van der Waals surface area contributed by atoms with Crippen molar-refractivity contribution in [3.05, 3.63) is 21.9 Å². The van der Waals surface area contributed by atoms with Crippen molar-refractivity contribution in [1.29, 1.82) is 0 Å². The summed E-state index contributed by atoms with van der Waals surface area (Å²) >= 11 is 1.64. The van der Waals surface area contributed by atoms with Crippen LogP contribution in [0.5, 0.6) is 0 Å². The molecule has 0 saturated carbocycles. The summed E-state index contributed by atoms with van der Waals surface area (Å²) in [6.45, 7) is 3.96. The Morgan fingerprint density at radius 3 is 2.79 bits per heavy atom. The lowest BCUT2D eigenvalue weighted by atomic mass is 9.90. The highest BCUT2D eigenvalue weighted by molar-refractivity contribution is 7.10. The number of aryl methyl sites for hydroxylation is 1. The first kappa shape index (κ1) is 10.1. The topological polar surface area (TPSA) is 12.0 Å². The molecule has 1 atom stereocenters. The number of hydrogen-bond acceptors (Lipinski definition) is 2. The van der Waals surface area contributed by atoms with E-state index in [9.17, 15) is 4.39 Å². The Morgan fingerprint density at radius 1 is 1.50 bits per heavy atom. The fourth-order valence-electron chi connectivity index (χ4n) is 2.02. The van der Waals surface area contributed by atoms with Crippen LogP contribution in [0.15, 0.2) is 11.4 Å². The average molecular weight is 213 g/mol. The van der Waals surface area contributed by atoms with Crippen molar-refractivity contribution < 1.29 is 4.39 Å². The third-order valence-electron chi connectivity index (χ3n) is 2.87. The molecule has 1 fully saturated rings. The van der Waals surface area contributed by atoms with Gasteiger partial charge in [0.05, 0.1) is 0 Å². The predicted molar refractivity (Wildman–Crippen MR) is 58.5 cm³/mol. The molecular weight excluding hydrogens is 197 g/mol. The molecule has 0 aliphatic carbocycles. The highest BCUT2D eigenvalue weighted by Gasteiger charge is 2.24. The normalized spacial score (nSPS) is 21.0. The number of alkyl halides is 1. The van der Waals surface area contributed by atoms with Crippen LogP contribution in [0.3, 0.4) is 0 Å². The number of hydrogen-bond donors (Lipinski definition) is 1. The predicted octanol–water partition coefficient (Wildman–Crippen LogP) is 3.07. The van der Waals surface area contributed by atoms with Gasteiger partial charge in [0.1, 0.15) is 6.17 Å². The van der Waals surface area contributed by atoms with E-state index in [-0.39, 0.29) is 5.92 Å². The lowest BCUT2D eigenvalue weighted by Crippen LogP contribution is -2.29. The molecule has 2 rings (SSSR count). The quantitative estimate of drug-likeness (QED) is 0.796. The van der Waals surface area contributed by atoms with Crippen molar-refractivity contribution in [2.75, 3.05) is 13.1 Å². The molecule has 2 heterocycles. The van der Waals surface area contributed by atoms with Crippen molar-refractivity contribution in [3.8, 4) is 0 Å². The molecule has 1 aliphatic heterocycles. The Balaban J connectivity index is 2.03. The summed E-state index contributed by atoms with van der Waals surface area (Å²) in [6, 6.07) is 1.98. The Hall–Kier alpha value is -0.410. The maximum Gasteiger partial charge on any atom is 0.129 e. The molecule has 1 saturated heterocycles. The van der Waals surface area contributed by atoms with Crippen molar-refractivity contribution in [2.45, 2.75) is 25.9 Å². The SMILES string of the molecule is Cc1cc(C(F)C2CCNCC2)cs1. The first-order valence-electron chi connectivity index (χ1n) is 5.17. The molecule has 1 aromatic heterocycles. The molecule has 0 aromatic carbocycles. The summed E-state index contributed by atoms with van der Waals surface area (Å²) in [7, 11) is 0. The monoisotopic (exact) mass is 213 g/mol. The largest absolute Gasteiger partial charge is 0.317 e. The van der Waals surface area contributed by atoms with Crippen LogP contribution < -0.4 is 5.32 Å². The van der Waals surface area contributed by atoms with Gasteiger partial charge >= 0.3 is 0 Å². The minimum atomic E-state index is -0.748. The van der Waals surface area contributed by atoms with Crippen molar-refractivity contribution >= 4 is 11.3 Å². The van der Waals surface area contributed by atoms with Crippen molar-refractivity contribution in [3.63, 3.8) is 0 Å². The van der Waals surface area contributed by atoms with Gasteiger partial charge in [-0.15, -0.1) is 11.3 Å². The molecular formula is C11H16FNS. The summed E-state index contributed by atoms with van der Waals surface area (Å²) in [5.74, 6) is 0.227. The van der Waals surface area contributed by atoms with Crippen LogP contribution in [0.2, 0.25) is 0 Å². The van der Waals surface area contributed by atoms with Gasteiger partial charge in [-0.25, -0.2) is 4.39 Å². The minimum Gasteiger partial charge on any atom is -0.317 e. The molecule has 1 nitrogen and oxygen atoms in total. The van der Waals surface area contributed by atoms with E-state index in [1.54, 1.807) is 11.3 Å². The number of thiophene rings is 1. The van der Waals surface area contributed by atoms with E-state index in [1.807, 2.05) is 18.4 Å². The lowest BCUT2D eigenvalue weighted by Gasteiger charge is -2.25. The highest BCUT2D eigenvalue weighted by Crippen LogP contribution is 2.34. The van der Waals surface area contributed by atoms with Crippen molar-refractivity contribution in [1.82, 2.24) is 5.32 Å². The second-order valence-electron chi connectivity index (χ2n) is 3.98. The van der Waals surface area contributed by atoms with Gasteiger partial charge in [-0.3, -0.25) is 0 Å². The first-order valence-corrected chi connectivity index (χ1v) is 6.05. The molecule has 1 aliphatic rings. The van der Waals surface area contributed by atoms with Gasteiger partial charge < -0.3 is 5.32 Å². The maximum absolute atomic E-state index is 14.0. The smallest absolute Gasteiger partial charge is 0.129 e. The third-order valence-corrected chi connectivity index (χ3v) is 3.75. The van der Waals surface area contributed by atoms with E-state index in [0.29, 0.717) is 0 Å². The number of rotatable bonds is 2. The van der Waals surface area contributed by atoms with E-state index < -0.39 is 6.17 Å². The van der Waals surface area contributed by atoms with Crippen LogP contribution in [0.25, 0.3) is 0 Å². The summed E-state index contributed by atoms with van der Waals surface area (Å²) in [5.41, 5.74) is 0.888. The second kappa shape index (κ2) is 4.41. The average Bonchev–Trinajstić information content (AvgIpc) is 2.65. The van der Waals surface area contributed by atoms with Crippen LogP contribution in [0, 0.1) is 12.8 Å². The molecule has 3 heteroatoms. The van der Waals surface area contributed by atoms with E-state index >= 15 is 0 Å². The van der Waals surface area contributed by atoms with Gasteiger partial charge in [-0.05, 0) is 55.8 Å². The van der Waals surface area contributed by atoms with Crippen LogP contribution in [0.1, 0.15) is 29.5 Å². The number of nitrogens with one attached hydrogen (secondary N) is 1. The molecule has 14 heavy (non-hydrogen) atoms. The number of piperidine rings is 1. The zero-order chi connectivity index (χ0) is 9.97. The molecule has 0 amide bonds. The maximum atomic E-state index is 14.0. The molecule has 78 valence electrons. The van der Waals surface area contributed by atoms with Crippen LogP contribution in [0.4, 0.5) is 4.39 Å².